The molecule has 2 heterocycles. The van der Waals surface area contributed by atoms with Crippen molar-refractivity contribution in [2.24, 2.45) is 0 Å². The molecule has 1 atom stereocenters. The van der Waals surface area contributed by atoms with Gasteiger partial charge in [0.15, 0.2) is 5.78 Å². The number of Topliss-reactive ketones (excluding diaryl/α,β-unsaturated/α-hetero) is 1. The van der Waals surface area contributed by atoms with Crippen molar-refractivity contribution in [3.8, 4) is 0 Å². The van der Waals surface area contributed by atoms with Crippen LogP contribution in [0.15, 0.2) is 52.0 Å². The molecule has 0 spiro atoms. The number of ketones is 1. The van der Waals surface area contributed by atoms with E-state index in [1.807, 2.05) is 12.1 Å². The number of furan rings is 1. The van der Waals surface area contributed by atoms with Crippen LogP contribution in [0.1, 0.15) is 35.4 Å². The highest BCUT2D eigenvalue weighted by Gasteiger charge is 2.34. The van der Waals surface area contributed by atoms with Crippen LogP contribution < -0.4 is 0 Å². The van der Waals surface area contributed by atoms with Gasteiger partial charge in [0.25, 0.3) is 0 Å². The SMILES string of the molecule is CC(=O)c1cccc(S(=O)(=O)N2CCC(c3ccco3)C2)c1. The van der Waals surface area contributed by atoms with Gasteiger partial charge in [0, 0.05) is 24.6 Å². The molecule has 116 valence electrons. The molecular formula is C16H17NO4S. The van der Waals surface area contributed by atoms with Crippen molar-refractivity contribution in [2.75, 3.05) is 13.1 Å². The zero-order valence-corrected chi connectivity index (χ0v) is 13.0. The average molecular weight is 319 g/mol. The van der Waals surface area contributed by atoms with Crippen LogP contribution >= 0.6 is 0 Å². The first-order chi connectivity index (χ1) is 10.5. The summed E-state index contributed by atoms with van der Waals surface area (Å²) < 4.78 is 32.2. The minimum Gasteiger partial charge on any atom is -0.469 e. The van der Waals surface area contributed by atoms with E-state index >= 15 is 0 Å². The Morgan fingerprint density at radius 1 is 1.27 bits per heavy atom. The fraction of sp³-hybridized carbons (Fsp3) is 0.312. The lowest BCUT2D eigenvalue weighted by atomic mass is 10.1. The Hall–Kier alpha value is -1.92. The van der Waals surface area contributed by atoms with Crippen molar-refractivity contribution < 1.29 is 17.6 Å². The smallest absolute Gasteiger partial charge is 0.243 e. The van der Waals surface area contributed by atoms with E-state index in [-0.39, 0.29) is 16.6 Å². The molecule has 6 heteroatoms. The molecule has 3 rings (SSSR count). The molecule has 1 aliphatic heterocycles. The predicted octanol–water partition coefficient (Wildman–Crippen LogP) is 2.66. The molecule has 5 nitrogen and oxygen atoms in total. The quantitative estimate of drug-likeness (QED) is 0.813. The number of sulfonamides is 1. The largest absolute Gasteiger partial charge is 0.469 e. The van der Waals surface area contributed by atoms with Crippen LogP contribution in [0.4, 0.5) is 0 Å². The van der Waals surface area contributed by atoms with Gasteiger partial charge in [0.1, 0.15) is 5.76 Å². The van der Waals surface area contributed by atoms with Gasteiger partial charge in [0.05, 0.1) is 11.2 Å². The topological polar surface area (TPSA) is 67.6 Å². The van der Waals surface area contributed by atoms with E-state index < -0.39 is 10.0 Å². The van der Waals surface area contributed by atoms with Crippen LogP contribution in [0.2, 0.25) is 0 Å². The third-order valence-corrected chi connectivity index (χ3v) is 5.84. The van der Waals surface area contributed by atoms with E-state index in [4.69, 9.17) is 4.42 Å². The van der Waals surface area contributed by atoms with Gasteiger partial charge in [-0.15, -0.1) is 0 Å². The molecule has 1 unspecified atom stereocenters. The number of carbonyl (C=O) groups excluding carboxylic acids is 1. The summed E-state index contributed by atoms with van der Waals surface area (Å²) in [6, 6.07) is 9.88. The minimum atomic E-state index is -3.58. The summed E-state index contributed by atoms with van der Waals surface area (Å²) in [6.45, 7) is 2.28. The van der Waals surface area contributed by atoms with E-state index in [0.29, 0.717) is 18.7 Å². The molecule has 1 aromatic carbocycles. The van der Waals surface area contributed by atoms with Gasteiger partial charge in [-0.05, 0) is 37.6 Å². The molecule has 1 aromatic heterocycles. The number of hydrogen-bond donors (Lipinski definition) is 0. The van der Waals surface area contributed by atoms with E-state index in [9.17, 15) is 13.2 Å². The fourth-order valence-corrected chi connectivity index (χ4v) is 4.27. The summed E-state index contributed by atoms with van der Waals surface area (Å²) in [5, 5.41) is 0. The zero-order valence-electron chi connectivity index (χ0n) is 12.2. The van der Waals surface area contributed by atoms with Crippen LogP contribution in [0.25, 0.3) is 0 Å². The Kier molecular flexibility index (Phi) is 3.88. The van der Waals surface area contributed by atoms with E-state index in [1.165, 1.54) is 23.4 Å². The minimum absolute atomic E-state index is 0.0840. The first-order valence-electron chi connectivity index (χ1n) is 7.13. The van der Waals surface area contributed by atoms with Gasteiger partial charge < -0.3 is 4.42 Å². The van der Waals surface area contributed by atoms with E-state index in [1.54, 1.807) is 18.4 Å². The predicted molar refractivity (Wildman–Crippen MR) is 81.3 cm³/mol. The standard InChI is InChI=1S/C16H17NO4S/c1-12(18)13-4-2-5-15(10-13)22(19,20)17-8-7-14(11-17)16-6-3-9-21-16/h2-6,9-10,14H,7-8,11H2,1H3. The van der Waals surface area contributed by atoms with Crippen molar-refractivity contribution in [3.63, 3.8) is 0 Å². The fourth-order valence-electron chi connectivity index (χ4n) is 2.73. The van der Waals surface area contributed by atoms with Gasteiger partial charge in [-0.3, -0.25) is 4.79 Å². The molecule has 1 aliphatic rings. The summed E-state index contributed by atoms with van der Waals surface area (Å²) in [5.41, 5.74) is 0.405. The number of nitrogens with zero attached hydrogens (tertiary/aromatic N) is 1. The van der Waals surface area contributed by atoms with Crippen LogP contribution in [0.3, 0.4) is 0 Å². The third-order valence-electron chi connectivity index (χ3n) is 3.97. The molecule has 0 saturated carbocycles. The van der Waals surface area contributed by atoms with Crippen LogP contribution in [0.5, 0.6) is 0 Å². The first kappa shape index (κ1) is 15.0. The summed E-state index contributed by atoms with van der Waals surface area (Å²) in [4.78, 5) is 11.6. The molecule has 2 aromatic rings. The number of rotatable bonds is 4. The lowest BCUT2D eigenvalue weighted by molar-refractivity contribution is 0.101. The molecule has 0 bridgehead atoms. The molecule has 22 heavy (non-hydrogen) atoms. The maximum absolute atomic E-state index is 12.7. The van der Waals surface area contributed by atoms with Crippen molar-refractivity contribution in [3.05, 3.63) is 54.0 Å². The van der Waals surface area contributed by atoms with E-state index in [0.717, 1.165) is 12.2 Å². The Labute approximate surface area is 129 Å². The number of hydrogen-bond acceptors (Lipinski definition) is 4. The second-order valence-electron chi connectivity index (χ2n) is 5.45. The van der Waals surface area contributed by atoms with Crippen molar-refractivity contribution in [1.29, 1.82) is 0 Å². The monoisotopic (exact) mass is 319 g/mol. The first-order valence-corrected chi connectivity index (χ1v) is 8.57. The van der Waals surface area contributed by atoms with Gasteiger partial charge in [0.2, 0.25) is 10.0 Å². The second-order valence-corrected chi connectivity index (χ2v) is 7.39. The normalized spacial score (nSPS) is 19.4. The highest BCUT2D eigenvalue weighted by molar-refractivity contribution is 7.89. The summed E-state index contributed by atoms with van der Waals surface area (Å²) in [7, 11) is -3.58. The van der Waals surface area contributed by atoms with Gasteiger partial charge in [-0.25, -0.2) is 8.42 Å². The second kappa shape index (κ2) is 5.70. The average Bonchev–Trinajstić information content (AvgIpc) is 3.18. The van der Waals surface area contributed by atoms with Crippen molar-refractivity contribution >= 4 is 15.8 Å². The summed E-state index contributed by atoms with van der Waals surface area (Å²) in [6.07, 6.45) is 2.34. The Morgan fingerprint density at radius 3 is 2.77 bits per heavy atom. The van der Waals surface area contributed by atoms with Crippen LogP contribution in [-0.2, 0) is 10.0 Å². The molecule has 1 fully saturated rings. The van der Waals surface area contributed by atoms with Crippen LogP contribution in [0, 0.1) is 0 Å². The maximum Gasteiger partial charge on any atom is 0.243 e. The molecule has 0 radical (unpaired) electrons. The van der Waals surface area contributed by atoms with Crippen LogP contribution in [-0.4, -0.2) is 31.6 Å². The Balaban J connectivity index is 1.85. The lowest BCUT2D eigenvalue weighted by Gasteiger charge is -2.16. The molecule has 0 amide bonds. The molecule has 1 saturated heterocycles. The maximum atomic E-state index is 12.7. The highest BCUT2D eigenvalue weighted by Crippen LogP contribution is 2.31. The molecular weight excluding hydrogens is 302 g/mol. The number of benzene rings is 1. The van der Waals surface area contributed by atoms with E-state index in [2.05, 4.69) is 0 Å². The third kappa shape index (κ3) is 2.71. The van der Waals surface area contributed by atoms with Crippen molar-refractivity contribution in [2.45, 2.75) is 24.2 Å². The lowest BCUT2D eigenvalue weighted by Crippen LogP contribution is -2.28. The highest BCUT2D eigenvalue weighted by atomic mass is 32.2. The Bertz CT molecular complexity index is 780. The molecule has 0 aliphatic carbocycles. The zero-order chi connectivity index (χ0) is 15.7. The summed E-state index contributed by atoms with van der Waals surface area (Å²) >= 11 is 0. The van der Waals surface area contributed by atoms with Gasteiger partial charge in [-0.1, -0.05) is 12.1 Å². The summed E-state index contributed by atoms with van der Waals surface area (Å²) in [5.74, 6) is 0.753. The number of carbonyl (C=O) groups is 1. The van der Waals surface area contributed by atoms with Gasteiger partial charge in [-0.2, -0.15) is 4.31 Å². The molecule has 0 N–H and O–H groups in total. The van der Waals surface area contributed by atoms with Crippen molar-refractivity contribution in [1.82, 2.24) is 4.31 Å². The Morgan fingerprint density at radius 2 is 2.09 bits per heavy atom. The van der Waals surface area contributed by atoms with Gasteiger partial charge >= 0.3 is 0 Å².